The van der Waals surface area contributed by atoms with Crippen molar-refractivity contribution in [3.63, 3.8) is 0 Å². The summed E-state index contributed by atoms with van der Waals surface area (Å²) in [6.45, 7) is 0. The van der Waals surface area contributed by atoms with Crippen molar-refractivity contribution < 1.29 is 27.4 Å². The standard InChI is InChI=1S/C14H8O6S/c15-12-7-3-1-2-4-8(7)13(16)11-9(12)5-6-10(14(11)17)21(18,19)20/h1-6,11H,(H,18,19,20). The molecule has 1 unspecified atom stereocenters. The minimum absolute atomic E-state index is 0.0731. The van der Waals surface area contributed by atoms with Crippen molar-refractivity contribution in [3.8, 4) is 0 Å². The Labute approximate surface area is 119 Å². The molecule has 0 aromatic heterocycles. The van der Waals surface area contributed by atoms with Gasteiger partial charge in [0.2, 0.25) is 0 Å². The molecule has 1 aromatic carbocycles. The van der Waals surface area contributed by atoms with Crippen molar-refractivity contribution >= 4 is 27.5 Å². The number of hydrogen-bond donors (Lipinski definition) is 1. The van der Waals surface area contributed by atoms with Crippen LogP contribution in [0.25, 0.3) is 0 Å². The fraction of sp³-hybridized carbons (Fsp3) is 0.0714. The summed E-state index contributed by atoms with van der Waals surface area (Å²) in [6, 6.07) is 6.02. The number of carbonyl (C=O) groups is 3. The molecule has 0 fully saturated rings. The first-order valence-electron chi connectivity index (χ1n) is 5.94. The van der Waals surface area contributed by atoms with Gasteiger partial charge in [-0.3, -0.25) is 18.9 Å². The molecule has 1 aromatic rings. The molecule has 0 radical (unpaired) electrons. The zero-order valence-electron chi connectivity index (χ0n) is 10.4. The molecule has 2 aliphatic carbocycles. The normalized spacial score (nSPS) is 21.4. The van der Waals surface area contributed by atoms with E-state index in [0.717, 1.165) is 12.2 Å². The largest absolute Gasteiger partial charge is 0.298 e. The smallest absolute Gasteiger partial charge is 0.293 e. The highest BCUT2D eigenvalue weighted by Crippen LogP contribution is 2.35. The molecule has 0 aliphatic heterocycles. The van der Waals surface area contributed by atoms with Gasteiger partial charge in [-0.15, -0.1) is 0 Å². The highest BCUT2D eigenvalue weighted by Gasteiger charge is 2.45. The van der Waals surface area contributed by atoms with Crippen LogP contribution in [0.1, 0.15) is 20.7 Å². The lowest BCUT2D eigenvalue weighted by molar-refractivity contribution is -0.116. The quantitative estimate of drug-likeness (QED) is 0.612. The summed E-state index contributed by atoms with van der Waals surface area (Å²) in [6.07, 6.45) is 1.95. The molecule has 106 valence electrons. The monoisotopic (exact) mass is 304 g/mol. The van der Waals surface area contributed by atoms with Crippen LogP contribution in [0.5, 0.6) is 0 Å². The average Bonchev–Trinajstić information content (AvgIpc) is 2.43. The van der Waals surface area contributed by atoms with Gasteiger partial charge in [-0.1, -0.05) is 30.3 Å². The van der Waals surface area contributed by atoms with Crippen LogP contribution in [0.3, 0.4) is 0 Å². The molecular weight excluding hydrogens is 296 g/mol. The third-order valence-corrected chi connectivity index (χ3v) is 4.36. The fourth-order valence-electron chi connectivity index (χ4n) is 2.51. The number of carbonyl (C=O) groups excluding carboxylic acids is 3. The van der Waals surface area contributed by atoms with Crippen LogP contribution in [0.2, 0.25) is 0 Å². The maximum Gasteiger partial charge on any atom is 0.298 e. The van der Waals surface area contributed by atoms with Crippen LogP contribution in [-0.2, 0) is 14.9 Å². The SMILES string of the molecule is O=C1C2=CC=C(S(=O)(=O)O)C(=O)C2C(=O)c2ccccc21. The third-order valence-electron chi connectivity index (χ3n) is 3.47. The van der Waals surface area contributed by atoms with Crippen molar-refractivity contribution in [1.82, 2.24) is 0 Å². The van der Waals surface area contributed by atoms with E-state index >= 15 is 0 Å². The predicted octanol–water partition coefficient (Wildman–Crippen LogP) is 0.963. The molecule has 0 bridgehead atoms. The van der Waals surface area contributed by atoms with Crippen molar-refractivity contribution in [2.24, 2.45) is 5.92 Å². The molecule has 6 nitrogen and oxygen atoms in total. The summed E-state index contributed by atoms with van der Waals surface area (Å²) in [5, 5.41) is 0. The maximum atomic E-state index is 12.4. The van der Waals surface area contributed by atoms with Crippen LogP contribution < -0.4 is 0 Å². The Morgan fingerprint density at radius 3 is 2.14 bits per heavy atom. The Kier molecular flexibility index (Phi) is 2.79. The van der Waals surface area contributed by atoms with Gasteiger partial charge in [-0.25, -0.2) is 0 Å². The van der Waals surface area contributed by atoms with E-state index in [0.29, 0.717) is 0 Å². The minimum Gasteiger partial charge on any atom is -0.293 e. The van der Waals surface area contributed by atoms with Gasteiger partial charge in [0.25, 0.3) is 10.1 Å². The second-order valence-electron chi connectivity index (χ2n) is 4.66. The molecule has 1 N–H and O–H groups in total. The lowest BCUT2D eigenvalue weighted by atomic mass is 9.74. The van der Waals surface area contributed by atoms with Gasteiger partial charge >= 0.3 is 0 Å². The van der Waals surface area contributed by atoms with E-state index in [1.807, 2.05) is 0 Å². The highest BCUT2D eigenvalue weighted by atomic mass is 32.2. The Bertz CT molecular complexity index is 872. The zero-order chi connectivity index (χ0) is 15.4. The Morgan fingerprint density at radius 1 is 0.905 bits per heavy atom. The summed E-state index contributed by atoms with van der Waals surface area (Å²) >= 11 is 0. The topological polar surface area (TPSA) is 106 Å². The van der Waals surface area contributed by atoms with Crippen molar-refractivity contribution in [1.29, 1.82) is 0 Å². The van der Waals surface area contributed by atoms with Gasteiger partial charge < -0.3 is 0 Å². The molecule has 0 spiro atoms. The van der Waals surface area contributed by atoms with Gasteiger partial charge in [-0.05, 0) is 6.08 Å². The average molecular weight is 304 g/mol. The molecule has 1 atom stereocenters. The second-order valence-corrected chi connectivity index (χ2v) is 6.05. The van der Waals surface area contributed by atoms with E-state index in [1.54, 1.807) is 12.1 Å². The summed E-state index contributed by atoms with van der Waals surface area (Å²) in [7, 11) is -4.74. The molecule has 0 saturated carbocycles. The van der Waals surface area contributed by atoms with Crippen molar-refractivity contribution in [2.75, 3.05) is 0 Å². The van der Waals surface area contributed by atoms with Gasteiger partial charge in [0.1, 0.15) is 10.8 Å². The third kappa shape index (κ3) is 1.90. The summed E-state index contributed by atoms with van der Waals surface area (Å²) in [5.74, 6) is -3.72. The van der Waals surface area contributed by atoms with E-state index < -0.39 is 38.3 Å². The van der Waals surface area contributed by atoms with Gasteiger partial charge in [0, 0.05) is 16.7 Å². The number of Topliss-reactive ketones (excluding diaryl/α,β-unsaturated/α-hetero) is 3. The first-order valence-corrected chi connectivity index (χ1v) is 7.38. The van der Waals surface area contributed by atoms with E-state index in [9.17, 15) is 22.8 Å². The predicted molar refractivity (Wildman–Crippen MR) is 71.3 cm³/mol. The molecule has 0 amide bonds. The van der Waals surface area contributed by atoms with Crippen LogP contribution in [-0.4, -0.2) is 30.3 Å². The molecule has 2 aliphatic rings. The number of benzene rings is 1. The van der Waals surface area contributed by atoms with Crippen LogP contribution in [0.4, 0.5) is 0 Å². The molecular formula is C14H8O6S. The van der Waals surface area contributed by atoms with Crippen molar-refractivity contribution in [3.05, 3.63) is 58.0 Å². The summed E-state index contributed by atoms with van der Waals surface area (Å²) in [4.78, 5) is 35.9. The van der Waals surface area contributed by atoms with Crippen LogP contribution in [0, 0.1) is 5.92 Å². The van der Waals surface area contributed by atoms with Crippen LogP contribution in [0.15, 0.2) is 46.9 Å². The molecule has 0 heterocycles. The summed E-state index contributed by atoms with van der Waals surface area (Å²) in [5.41, 5.74) is 0.187. The molecule has 21 heavy (non-hydrogen) atoms. The zero-order valence-corrected chi connectivity index (χ0v) is 11.3. The first-order chi connectivity index (χ1) is 9.82. The Hall–Kier alpha value is -2.38. The first kappa shape index (κ1) is 13.6. The van der Waals surface area contributed by atoms with E-state index in [-0.39, 0.29) is 16.7 Å². The Balaban J connectivity index is 2.24. The molecule has 0 saturated heterocycles. The van der Waals surface area contributed by atoms with Crippen LogP contribution >= 0.6 is 0 Å². The van der Waals surface area contributed by atoms with E-state index in [4.69, 9.17) is 4.55 Å². The Morgan fingerprint density at radius 2 is 1.52 bits per heavy atom. The van der Waals surface area contributed by atoms with Gasteiger partial charge in [0.05, 0.1) is 0 Å². The maximum absolute atomic E-state index is 12.4. The summed E-state index contributed by atoms with van der Waals surface area (Å²) < 4.78 is 31.3. The molecule has 3 rings (SSSR count). The van der Waals surface area contributed by atoms with Gasteiger partial charge in [-0.2, -0.15) is 8.42 Å². The second kappa shape index (κ2) is 4.31. The van der Waals surface area contributed by atoms with E-state index in [2.05, 4.69) is 0 Å². The number of rotatable bonds is 1. The fourth-order valence-corrected chi connectivity index (χ4v) is 3.13. The number of ketones is 3. The van der Waals surface area contributed by atoms with Crippen molar-refractivity contribution in [2.45, 2.75) is 0 Å². The minimum atomic E-state index is -4.74. The molecule has 7 heteroatoms. The number of fused-ring (bicyclic) bond motifs is 2. The lowest BCUT2D eigenvalue weighted by Crippen LogP contribution is -2.38. The number of hydrogen-bond acceptors (Lipinski definition) is 5. The highest BCUT2D eigenvalue weighted by molar-refractivity contribution is 7.90. The lowest BCUT2D eigenvalue weighted by Gasteiger charge is -2.26. The number of allylic oxidation sites excluding steroid dienone is 4. The van der Waals surface area contributed by atoms with Gasteiger partial charge in [0.15, 0.2) is 17.3 Å². The van der Waals surface area contributed by atoms with E-state index in [1.165, 1.54) is 12.1 Å².